The van der Waals surface area contributed by atoms with Crippen molar-refractivity contribution >= 4 is 51.8 Å². The van der Waals surface area contributed by atoms with E-state index in [9.17, 15) is 4.79 Å². The molecule has 0 unspecified atom stereocenters. The van der Waals surface area contributed by atoms with Gasteiger partial charge >= 0.3 is 0 Å². The zero-order valence-electron chi connectivity index (χ0n) is 21.4. The second-order valence-corrected chi connectivity index (χ2v) is 10.1. The fraction of sp³-hybridized carbons (Fsp3) is 0.333. The van der Waals surface area contributed by atoms with Gasteiger partial charge < -0.3 is 25.0 Å². The van der Waals surface area contributed by atoms with Crippen molar-refractivity contribution in [1.29, 1.82) is 0 Å². The third kappa shape index (κ3) is 6.28. The van der Waals surface area contributed by atoms with Crippen LogP contribution in [-0.2, 0) is 4.79 Å². The van der Waals surface area contributed by atoms with Gasteiger partial charge in [0.1, 0.15) is 5.75 Å². The summed E-state index contributed by atoms with van der Waals surface area (Å²) in [6.07, 6.45) is 3.77. The first kappa shape index (κ1) is 25.7. The van der Waals surface area contributed by atoms with Crippen LogP contribution >= 0.6 is 11.8 Å². The predicted molar refractivity (Wildman–Crippen MR) is 152 cm³/mol. The number of nitrogens with zero attached hydrogens (tertiary/aromatic N) is 4. The van der Waals surface area contributed by atoms with Gasteiger partial charge in [-0.05, 0) is 49.2 Å². The first-order valence-electron chi connectivity index (χ1n) is 12.5. The fourth-order valence-electron chi connectivity index (χ4n) is 3.95. The molecule has 4 aromatic rings. The molecular formula is C27H31N7O3S. The van der Waals surface area contributed by atoms with E-state index < -0.39 is 0 Å². The number of hydrogen-bond donors (Lipinski definition) is 3. The van der Waals surface area contributed by atoms with Crippen molar-refractivity contribution in [3.63, 3.8) is 0 Å². The number of amides is 1. The van der Waals surface area contributed by atoms with E-state index in [0.29, 0.717) is 11.6 Å². The highest BCUT2D eigenvalue weighted by molar-refractivity contribution is 7.99. The lowest BCUT2D eigenvalue weighted by Gasteiger charge is -2.26. The van der Waals surface area contributed by atoms with Gasteiger partial charge in [0.25, 0.3) is 0 Å². The van der Waals surface area contributed by atoms with E-state index in [0.717, 1.165) is 71.5 Å². The molecule has 1 saturated heterocycles. The van der Waals surface area contributed by atoms with Crippen molar-refractivity contribution < 1.29 is 14.3 Å². The molecule has 198 valence electrons. The van der Waals surface area contributed by atoms with Gasteiger partial charge in [0.2, 0.25) is 11.9 Å². The van der Waals surface area contributed by atoms with Crippen LogP contribution in [0.4, 0.5) is 23.3 Å². The van der Waals surface area contributed by atoms with Crippen molar-refractivity contribution in [2.75, 3.05) is 54.3 Å². The van der Waals surface area contributed by atoms with Gasteiger partial charge in [0.05, 0.1) is 25.9 Å². The molecule has 10 nitrogen and oxygen atoms in total. The van der Waals surface area contributed by atoms with Crippen molar-refractivity contribution in [3.8, 4) is 11.5 Å². The van der Waals surface area contributed by atoms with E-state index in [1.54, 1.807) is 20.4 Å². The first-order chi connectivity index (χ1) is 18.6. The van der Waals surface area contributed by atoms with Crippen LogP contribution in [0.15, 0.2) is 54.7 Å². The van der Waals surface area contributed by atoms with Gasteiger partial charge in [0.15, 0.2) is 17.4 Å². The Hall–Kier alpha value is -3.99. The lowest BCUT2D eigenvalue weighted by atomic mass is 10.2. The number of carbonyl (C=O) groups excluding carboxylic acids is 1. The molecule has 11 heteroatoms. The number of ether oxygens (including phenoxy) is 2. The summed E-state index contributed by atoms with van der Waals surface area (Å²) < 4.78 is 10.4. The van der Waals surface area contributed by atoms with Crippen molar-refractivity contribution in [3.05, 3.63) is 54.7 Å². The maximum Gasteiger partial charge on any atom is 0.227 e. The average molecular weight is 534 g/mol. The molecular weight excluding hydrogens is 502 g/mol. The van der Waals surface area contributed by atoms with Crippen molar-refractivity contribution in [2.24, 2.45) is 5.92 Å². The quantitative estimate of drug-likeness (QED) is 0.311. The molecule has 1 saturated carbocycles. The van der Waals surface area contributed by atoms with Crippen molar-refractivity contribution in [1.82, 2.24) is 20.2 Å². The van der Waals surface area contributed by atoms with Crippen LogP contribution in [0, 0.1) is 5.92 Å². The molecule has 1 aliphatic carbocycles. The van der Waals surface area contributed by atoms with Gasteiger partial charge in [0, 0.05) is 41.6 Å². The lowest BCUT2D eigenvalue weighted by molar-refractivity contribution is -0.117. The van der Waals surface area contributed by atoms with E-state index in [2.05, 4.69) is 35.7 Å². The third-order valence-corrected chi connectivity index (χ3v) is 7.21. The van der Waals surface area contributed by atoms with E-state index in [4.69, 9.17) is 9.47 Å². The highest BCUT2D eigenvalue weighted by atomic mass is 32.2. The zero-order valence-corrected chi connectivity index (χ0v) is 22.3. The minimum absolute atomic E-state index is 0.134. The second kappa shape index (κ2) is 12.0. The summed E-state index contributed by atoms with van der Waals surface area (Å²) >= 11 is 1.96. The number of nitrogens with one attached hydrogen (secondary N) is 3. The Labute approximate surface area is 225 Å². The largest absolute Gasteiger partial charge is 0.497 e. The third-order valence-electron chi connectivity index (χ3n) is 6.27. The number of rotatable bonds is 7. The van der Waals surface area contributed by atoms with Crippen LogP contribution in [0.2, 0.25) is 0 Å². The highest BCUT2D eigenvalue weighted by Crippen LogP contribution is 2.31. The van der Waals surface area contributed by atoms with Crippen molar-refractivity contribution in [2.45, 2.75) is 12.8 Å². The number of hydrogen-bond acceptors (Lipinski definition) is 9. The van der Waals surface area contributed by atoms with E-state index in [1.807, 2.05) is 60.3 Å². The minimum atomic E-state index is 0.134. The number of methoxy groups -OCH3 is 2. The summed E-state index contributed by atoms with van der Waals surface area (Å²) in [5.74, 6) is 6.04. The molecule has 0 bridgehead atoms. The number of thioether (sulfide) groups is 1. The van der Waals surface area contributed by atoms with Gasteiger partial charge in [-0.25, -0.2) is 4.98 Å². The summed E-state index contributed by atoms with van der Waals surface area (Å²) in [5.41, 5.74) is 1.81. The maximum absolute atomic E-state index is 11.4. The topological polar surface area (TPSA) is 117 Å². The van der Waals surface area contributed by atoms with E-state index >= 15 is 0 Å². The SMILES string of the molecule is COc1ccc(NC(=O)C2CC2)cc1.COc1cnc(N2CCSCC2)nc1Nc1n[nH]c2ccccc12. The Morgan fingerprint density at radius 1 is 1.03 bits per heavy atom. The molecule has 0 spiro atoms. The minimum Gasteiger partial charge on any atom is -0.497 e. The number of para-hydroxylation sites is 1. The Morgan fingerprint density at radius 3 is 2.50 bits per heavy atom. The van der Waals surface area contributed by atoms with E-state index in [1.165, 1.54) is 0 Å². The number of carbonyl (C=O) groups is 1. The number of aromatic amines is 1. The molecule has 2 aromatic carbocycles. The highest BCUT2D eigenvalue weighted by Gasteiger charge is 2.29. The Bertz CT molecular complexity index is 1370. The molecule has 2 fully saturated rings. The monoisotopic (exact) mass is 533 g/mol. The molecule has 1 amide bonds. The van der Waals surface area contributed by atoms with Crippen LogP contribution in [-0.4, -0.2) is 64.9 Å². The summed E-state index contributed by atoms with van der Waals surface area (Å²) in [5, 5.41) is 14.5. The number of benzene rings is 2. The average Bonchev–Trinajstić information content (AvgIpc) is 3.76. The zero-order chi connectivity index (χ0) is 26.3. The molecule has 3 heterocycles. The van der Waals surface area contributed by atoms with Crippen LogP contribution < -0.4 is 25.0 Å². The van der Waals surface area contributed by atoms with Gasteiger partial charge in [-0.1, -0.05) is 12.1 Å². The van der Waals surface area contributed by atoms with Gasteiger partial charge in [-0.2, -0.15) is 21.8 Å². The number of anilines is 4. The van der Waals surface area contributed by atoms with Crippen LogP contribution in [0.3, 0.4) is 0 Å². The number of aromatic nitrogens is 4. The normalized spacial score (nSPS) is 14.8. The van der Waals surface area contributed by atoms with Gasteiger partial charge in [-0.15, -0.1) is 0 Å². The van der Waals surface area contributed by atoms with Crippen LogP contribution in [0.5, 0.6) is 11.5 Å². The summed E-state index contributed by atoms with van der Waals surface area (Å²) in [7, 11) is 3.24. The van der Waals surface area contributed by atoms with Gasteiger partial charge in [-0.3, -0.25) is 9.89 Å². The molecule has 3 N–H and O–H groups in total. The first-order valence-corrected chi connectivity index (χ1v) is 13.7. The molecule has 6 rings (SSSR count). The molecule has 1 aliphatic heterocycles. The smallest absolute Gasteiger partial charge is 0.227 e. The molecule has 2 aliphatic rings. The summed E-state index contributed by atoms with van der Waals surface area (Å²) in [6, 6.07) is 15.3. The molecule has 0 atom stereocenters. The van der Waals surface area contributed by atoms with Crippen LogP contribution in [0.1, 0.15) is 12.8 Å². The van der Waals surface area contributed by atoms with Crippen LogP contribution in [0.25, 0.3) is 10.9 Å². The Morgan fingerprint density at radius 2 is 1.79 bits per heavy atom. The number of H-pyrrole nitrogens is 1. The van der Waals surface area contributed by atoms with E-state index in [-0.39, 0.29) is 11.8 Å². The predicted octanol–water partition coefficient (Wildman–Crippen LogP) is 4.70. The summed E-state index contributed by atoms with van der Waals surface area (Å²) in [6.45, 7) is 1.92. The standard InChI is InChI=1S/C16H18N6OS.C11H13NO2/c1-23-13-10-17-16(22-6-8-24-9-7-22)19-15(13)18-14-11-4-2-3-5-12(11)20-21-14;1-14-10-6-4-9(5-7-10)12-11(13)8-2-3-8/h2-5,10H,6-9H2,1H3,(H2,17,18,19,20,21);4-8H,2-3H2,1H3,(H,12,13). The maximum atomic E-state index is 11.4. The second-order valence-electron chi connectivity index (χ2n) is 8.92. The number of fused-ring (bicyclic) bond motifs is 1. The Balaban J connectivity index is 0.000000179. The Kier molecular flexibility index (Phi) is 8.12. The molecule has 38 heavy (non-hydrogen) atoms. The molecule has 2 aromatic heterocycles. The lowest BCUT2D eigenvalue weighted by Crippen LogP contribution is -2.33. The summed E-state index contributed by atoms with van der Waals surface area (Å²) in [4.78, 5) is 22.7. The fourth-order valence-corrected chi connectivity index (χ4v) is 4.85. The molecule has 0 radical (unpaired) electrons.